The Bertz CT molecular complexity index is 784. The Morgan fingerprint density at radius 1 is 1.00 bits per heavy atom. The van der Waals surface area contributed by atoms with Crippen LogP contribution in [0.2, 0.25) is 0 Å². The van der Waals surface area contributed by atoms with Gasteiger partial charge in [0.25, 0.3) is 11.8 Å². The molecule has 3 aliphatic rings. The number of amides is 4. The third kappa shape index (κ3) is 2.01. The van der Waals surface area contributed by atoms with Crippen LogP contribution in [0.3, 0.4) is 0 Å². The first kappa shape index (κ1) is 14.7. The quantitative estimate of drug-likeness (QED) is 0.609. The van der Waals surface area contributed by atoms with E-state index in [1.807, 2.05) is 0 Å². The molecule has 1 atom stereocenters. The molecular formula is C17H14N2O5. The van der Waals surface area contributed by atoms with Crippen LogP contribution in [-0.4, -0.2) is 40.9 Å². The van der Waals surface area contributed by atoms with Gasteiger partial charge in [-0.05, 0) is 42.5 Å². The summed E-state index contributed by atoms with van der Waals surface area (Å²) in [7, 11) is 0. The molecule has 0 saturated carbocycles. The van der Waals surface area contributed by atoms with Crippen LogP contribution >= 0.6 is 0 Å². The van der Waals surface area contributed by atoms with Crippen LogP contribution in [0.15, 0.2) is 12.1 Å². The molecule has 1 N–H and O–H groups in total. The van der Waals surface area contributed by atoms with Crippen LogP contribution in [0.1, 0.15) is 44.7 Å². The monoisotopic (exact) mass is 326 g/mol. The van der Waals surface area contributed by atoms with Crippen molar-refractivity contribution in [2.45, 2.75) is 31.7 Å². The SMILES string of the molecule is O=CC1Cc2cc3c(cc2C1)C(=O)N([C@@H]1CCC(=O)NC1=O)C3=O. The second-order valence-electron chi connectivity index (χ2n) is 6.42. The molecule has 0 aromatic heterocycles. The Morgan fingerprint density at radius 3 is 2.08 bits per heavy atom. The molecule has 1 aromatic rings. The summed E-state index contributed by atoms with van der Waals surface area (Å²) in [6.07, 6.45) is 2.26. The topological polar surface area (TPSA) is 101 Å². The van der Waals surface area contributed by atoms with E-state index >= 15 is 0 Å². The second kappa shape index (κ2) is 5.09. The van der Waals surface area contributed by atoms with Gasteiger partial charge in [0.2, 0.25) is 11.8 Å². The smallest absolute Gasteiger partial charge is 0.262 e. The van der Waals surface area contributed by atoms with Gasteiger partial charge in [-0.15, -0.1) is 0 Å². The molecule has 2 aliphatic heterocycles. The molecule has 0 unspecified atom stereocenters. The minimum Gasteiger partial charge on any atom is -0.303 e. The summed E-state index contributed by atoms with van der Waals surface area (Å²) in [5, 5.41) is 2.17. The standard InChI is InChI=1S/C17H14N2O5/c20-7-8-3-9-5-11-12(6-10(9)4-8)17(24)19(16(11)23)13-1-2-14(21)18-15(13)22/h5-8,13H,1-4H2,(H,18,21,22)/t13-/m1/s1. The first-order chi connectivity index (χ1) is 11.5. The molecule has 4 rings (SSSR count). The van der Waals surface area contributed by atoms with E-state index in [0.29, 0.717) is 12.8 Å². The van der Waals surface area contributed by atoms with Crippen molar-refractivity contribution in [3.05, 3.63) is 34.4 Å². The van der Waals surface area contributed by atoms with Crippen molar-refractivity contribution < 1.29 is 24.0 Å². The maximum Gasteiger partial charge on any atom is 0.262 e. The van der Waals surface area contributed by atoms with Gasteiger partial charge in [-0.3, -0.25) is 29.4 Å². The molecule has 7 nitrogen and oxygen atoms in total. The Morgan fingerprint density at radius 2 is 1.58 bits per heavy atom. The molecule has 1 saturated heterocycles. The van der Waals surface area contributed by atoms with E-state index in [-0.39, 0.29) is 29.9 Å². The van der Waals surface area contributed by atoms with E-state index in [1.54, 1.807) is 12.1 Å². The van der Waals surface area contributed by atoms with Crippen LogP contribution < -0.4 is 5.32 Å². The zero-order valence-corrected chi connectivity index (χ0v) is 12.7. The molecule has 122 valence electrons. The molecule has 0 spiro atoms. The number of imide groups is 2. The first-order valence-corrected chi connectivity index (χ1v) is 7.82. The summed E-state index contributed by atoms with van der Waals surface area (Å²) in [6.45, 7) is 0. The highest BCUT2D eigenvalue weighted by molar-refractivity contribution is 6.23. The molecule has 4 amide bonds. The van der Waals surface area contributed by atoms with Crippen molar-refractivity contribution in [2.75, 3.05) is 0 Å². The zero-order valence-electron chi connectivity index (χ0n) is 12.7. The third-order valence-electron chi connectivity index (χ3n) is 4.92. The predicted molar refractivity (Wildman–Crippen MR) is 80.1 cm³/mol. The summed E-state index contributed by atoms with van der Waals surface area (Å²) >= 11 is 0. The number of nitrogens with zero attached hydrogens (tertiary/aromatic N) is 1. The molecule has 1 aromatic carbocycles. The summed E-state index contributed by atoms with van der Waals surface area (Å²) in [4.78, 5) is 60.5. The number of aldehydes is 1. The number of piperidine rings is 1. The number of hydrogen-bond acceptors (Lipinski definition) is 5. The lowest BCUT2D eigenvalue weighted by atomic mass is 10.0. The molecule has 1 aliphatic carbocycles. The predicted octanol–water partition coefficient (Wildman–Crippen LogP) is 0.00150. The Balaban J connectivity index is 1.69. The fraction of sp³-hybridized carbons (Fsp3) is 0.353. The molecule has 1 fully saturated rings. The maximum atomic E-state index is 12.7. The van der Waals surface area contributed by atoms with Gasteiger partial charge >= 0.3 is 0 Å². The minimum atomic E-state index is -0.951. The van der Waals surface area contributed by atoms with Crippen molar-refractivity contribution >= 4 is 29.9 Å². The van der Waals surface area contributed by atoms with Crippen molar-refractivity contribution in [2.24, 2.45) is 5.92 Å². The van der Waals surface area contributed by atoms with Gasteiger partial charge in [0.05, 0.1) is 11.1 Å². The van der Waals surface area contributed by atoms with Crippen LogP contribution in [0.4, 0.5) is 0 Å². The molecular weight excluding hydrogens is 312 g/mol. The number of rotatable bonds is 2. The average Bonchev–Trinajstić information content (AvgIpc) is 3.06. The minimum absolute atomic E-state index is 0.0985. The lowest BCUT2D eigenvalue weighted by Crippen LogP contribution is -2.54. The van der Waals surface area contributed by atoms with Gasteiger partial charge in [-0.2, -0.15) is 0 Å². The summed E-state index contributed by atoms with van der Waals surface area (Å²) < 4.78 is 0. The number of benzene rings is 1. The number of nitrogens with one attached hydrogen (secondary N) is 1. The van der Waals surface area contributed by atoms with Gasteiger partial charge in [-0.1, -0.05) is 0 Å². The van der Waals surface area contributed by atoms with Crippen molar-refractivity contribution in [1.29, 1.82) is 0 Å². The zero-order chi connectivity index (χ0) is 17.0. The second-order valence-corrected chi connectivity index (χ2v) is 6.42. The lowest BCUT2D eigenvalue weighted by molar-refractivity contribution is -0.136. The van der Waals surface area contributed by atoms with Crippen molar-refractivity contribution in [3.63, 3.8) is 0 Å². The van der Waals surface area contributed by atoms with E-state index in [4.69, 9.17) is 0 Å². The highest BCUT2D eigenvalue weighted by Crippen LogP contribution is 2.34. The number of fused-ring (bicyclic) bond motifs is 2. The van der Waals surface area contributed by atoms with Gasteiger partial charge < -0.3 is 4.79 Å². The van der Waals surface area contributed by atoms with E-state index in [2.05, 4.69) is 5.32 Å². The summed E-state index contributed by atoms with van der Waals surface area (Å²) in [5.74, 6) is -2.15. The molecule has 2 heterocycles. The van der Waals surface area contributed by atoms with E-state index in [0.717, 1.165) is 22.3 Å². The normalized spacial score (nSPS) is 23.3. The summed E-state index contributed by atoms with van der Waals surface area (Å²) in [6, 6.07) is 2.38. The largest absolute Gasteiger partial charge is 0.303 e. The molecule has 0 radical (unpaired) electrons. The van der Waals surface area contributed by atoms with Crippen LogP contribution in [0, 0.1) is 5.92 Å². The fourth-order valence-corrected chi connectivity index (χ4v) is 3.72. The fourth-order valence-electron chi connectivity index (χ4n) is 3.72. The number of carbonyl (C=O) groups is 5. The van der Waals surface area contributed by atoms with Gasteiger partial charge in [0, 0.05) is 12.3 Å². The average molecular weight is 326 g/mol. The Kier molecular flexibility index (Phi) is 3.13. The molecule has 7 heteroatoms. The highest BCUT2D eigenvalue weighted by Gasteiger charge is 2.45. The Labute approximate surface area is 137 Å². The number of hydrogen-bond donors (Lipinski definition) is 1. The highest BCUT2D eigenvalue weighted by atomic mass is 16.2. The van der Waals surface area contributed by atoms with Crippen LogP contribution in [0.25, 0.3) is 0 Å². The summed E-state index contributed by atoms with van der Waals surface area (Å²) in [5.41, 5.74) is 2.35. The van der Waals surface area contributed by atoms with Gasteiger partial charge in [-0.25, -0.2) is 0 Å². The Hall–Kier alpha value is -2.83. The van der Waals surface area contributed by atoms with Crippen molar-refractivity contribution in [1.82, 2.24) is 10.2 Å². The molecule has 24 heavy (non-hydrogen) atoms. The lowest BCUT2D eigenvalue weighted by Gasteiger charge is -2.27. The van der Waals surface area contributed by atoms with E-state index < -0.39 is 29.7 Å². The first-order valence-electron chi connectivity index (χ1n) is 7.82. The third-order valence-corrected chi connectivity index (χ3v) is 4.92. The maximum absolute atomic E-state index is 12.7. The van der Waals surface area contributed by atoms with Crippen molar-refractivity contribution in [3.8, 4) is 0 Å². The van der Waals surface area contributed by atoms with Gasteiger partial charge in [0.15, 0.2) is 0 Å². The van der Waals surface area contributed by atoms with Gasteiger partial charge in [0.1, 0.15) is 12.3 Å². The number of carbonyl (C=O) groups excluding carboxylic acids is 5. The molecule has 0 bridgehead atoms. The van der Waals surface area contributed by atoms with Crippen LogP contribution in [-0.2, 0) is 27.2 Å². The van der Waals surface area contributed by atoms with E-state index in [1.165, 1.54) is 0 Å². The van der Waals surface area contributed by atoms with Crippen LogP contribution in [0.5, 0.6) is 0 Å². The van der Waals surface area contributed by atoms with E-state index in [9.17, 15) is 24.0 Å².